The van der Waals surface area contributed by atoms with Gasteiger partial charge in [-0.3, -0.25) is 9.78 Å². The summed E-state index contributed by atoms with van der Waals surface area (Å²) in [6.45, 7) is 3.11. The number of aryl methyl sites for hydroxylation is 1. The van der Waals surface area contributed by atoms with Crippen LogP contribution in [0.2, 0.25) is 0 Å². The van der Waals surface area contributed by atoms with E-state index in [0.29, 0.717) is 37.1 Å². The minimum absolute atomic E-state index is 0.207. The van der Waals surface area contributed by atoms with Crippen LogP contribution >= 0.6 is 0 Å². The fourth-order valence-electron chi connectivity index (χ4n) is 4.77. The summed E-state index contributed by atoms with van der Waals surface area (Å²) in [5.74, 6) is -2.95. The fourth-order valence-corrected chi connectivity index (χ4v) is 4.77. The number of aromatic nitrogens is 1. The first-order valence-corrected chi connectivity index (χ1v) is 11.6. The molecule has 0 spiro atoms. The van der Waals surface area contributed by atoms with Crippen molar-refractivity contribution in [3.63, 3.8) is 0 Å². The summed E-state index contributed by atoms with van der Waals surface area (Å²) in [6.07, 6.45) is 2.98. The quantitative estimate of drug-likeness (QED) is 0.401. The summed E-state index contributed by atoms with van der Waals surface area (Å²) < 4.78 is 28.5. The summed E-state index contributed by atoms with van der Waals surface area (Å²) in [5.41, 5.74) is 3.46. The first kappa shape index (κ1) is 24.4. The van der Waals surface area contributed by atoms with E-state index in [1.165, 1.54) is 12.1 Å². The molecule has 1 saturated heterocycles. The molecule has 2 atom stereocenters. The van der Waals surface area contributed by atoms with E-state index >= 15 is 0 Å². The molecule has 8 heteroatoms. The highest BCUT2D eigenvalue weighted by atomic mass is 19.1. The molecule has 1 N–H and O–H groups in total. The maximum Gasteiger partial charge on any atom is 0.306 e. The Morgan fingerprint density at radius 1 is 1.09 bits per heavy atom. The smallest absolute Gasteiger partial charge is 0.306 e. The van der Waals surface area contributed by atoms with Gasteiger partial charge < -0.3 is 10.0 Å². The number of halogens is 2. The molecule has 4 rings (SSSR count). The molecule has 1 unspecified atom stereocenters. The van der Waals surface area contributed by atoms with Gasteiger partial charge in [-0.15, -0.1) is 0 Å². The lowest BCUT2D eigenvalue weighted by molar-refractivity contribution is -0.142. The zero-order chi connectivity index (χ0) is 24.9. The molecule has 2 aromatic carbocycles. The van der Waals surface area contributed by atoms with Gasteiger partial charge in [-0.05, 0) is 73.2 Å². The van der Waals surface area contributed by atoms with E-state index in [0.717, 1.165) is 23.0 Å². The molecule has 35 heavy (non-hydrogen) atoms. The number of piperidine rings is 1. The maximum absolute atomic E-state index is 14.9. The van der Waals surface area contributed by atoms with Crippen molar-refractivity contribution in [1.82, 2.24) is 4.98 Å². The number of hydrogen-bond acceptors (Lipinski definition) is 5. The van der Waals surface area contributed by atoms with Crippen LogP contribution in [0.25, 0.3) is 0 Å². The number of carboxylic acids is 1. The average molecular weight is 480 g/mol. The number of nitrogens with zero attached hydrogens (tertiary/aromatic N) is 3. The van der Waals surface area contributed by atoms with Gasteiger partial charge in [0.05, 0.1) is 5.92 Å². The molecule has 3 aromatic rings. The minimum atomic E-state index is -0.758. The Labute approximate surface area is 202 Å². The van der Waals surface area contributed by atoms with Crippen molar-refractivity contribution in [3.8, 4) is 0 Å². The van der Waals surface area contributed by atoms with Crippen molar-refractivity contribution in [2.45, 2.75) is 38.1 Å². The number of rotatable bonds is 8. The van der Waals surface area contributed by atoms with Crippen molar-refractivity contribution < 1.29 is 18.7 Å². The number of anilines is 1. The second-order valence-corrected chi connectivity index (χ2v) is 9.00. The monoisotopic (exact) mass is 479 g/mol. The molecule has 0 amide bonds. The van der Waals surface area contributed by atoms with Gasteiger partial charge in [0, 0.05) is 42.7 Å². The zero-order valence-corrected chi connectivity index (χ0v) is 19.4. The molecule has 2 heterocycles. The largest absolute Gasteiger partial charge is 0.481 e. The average Bonchev–Trinajstić information content (AvgIpc) is 2.86. The molecule has 1 aliphatic rings. The van der Waals surface area contributed by atoms with Crippen LogP contribution in [-0.2, 0) is 4.79 Å². The number of carboxylic acid groups (broad SMARTS) is 1. The molecule has 1 aliphatic heterocycles. The summed E-state index contributed by atoms with van der Waals surface area (Å²) >= 11 is 0. The SMILES string of the molecule is Cc1cc(C(C[C@@H](c2ccc(N3CCC(C(=O)O)CC3)cc2)c2ccc(F)cc2F)N=O)ccn1. The number of benzene rings is 2. The molecule has 1 fully saturated rings. The molecule has 0 bridgehead atoms. The third-order valence-electron chi connectivity index (χ3n) is 6.73. The van der Waals surface area contributed by atoms with E-state index in [4.69, 9.17) is 0 Å². The highest BCUT2D eigenvalue weighted by molar-refractivity contribution is 5.70. The van der Waals surface area contributed by atoms with E-state index in [1.807, 2.05) is 31.2 Å². The van der Waals surface area contributed by atoms with Crippen LogP contribution in [0.5, 0.6) is 0 Å². The van der Waals surface area contributed by atoms with Crippen molar-refractivity contribution in [2.24, 2.45) is 11.1 Å². The van der Waals surface area contributed by atoms with Crippen LogP contribution in [0.4, 0.5) is 14.5 Å². The predicted octanol–water partition coefficient (Wildman–Crippen LogP) is 6.00. The topological polar surface area (TPSA) is 82.9 Å². The third-order valence-corrected chi connectivity index (χ3v) is 6.73. The lowest BCUT2D eigenvalue weighted by Crippen LogP contribution is -2.36. The standard InChI is InChI=1S/C27H27F2N3O3/c1-17-14-20(8-11-30-17)26(31-35)16-24(23-7-4-21(28)15-25(23)29)18-2-5-22(6-3-18)32-12-9-19(10-13-32)27(33)34/h2-8,11,14-15,19,24,26H,9-10,12-13,16H2,1H3,(H,33,34)/t24-,26?/m0/s1. The molecule has 1 aromatic heterocycles. The first-order valence-electron chi connectivity index (χ1n) is 11.6. The van der Waals surface area contributed by atoms with E-state index in [1.54, 1.807) is 18.3 Å². The van der Waals surface area contributed by atoms with Crippen molar-refractivity contribution in [1.29, 1.82) is 0 Å². The van der Waals surface area contributed by atoms with Gasteiger partial charge in [0.15, 0.2) is 0 Å². The molecular formula is C27H27F2N3O3. The third kappa shape index (κ3) is 5.70. The summed E-state index contributed by atoms with van der Waals surface area (Å²) in [6, 6.07) is 13.9. The second kappa shape index (κ2) is 10.7. The Morgan fingerprint density at radius 2 is 1.80 bits per heavy atom. The first-order chi connectivity index (χ1) is 16.9. The Bertz CT molecular complexity index is 1190. The highest BCUT2D eigenvalue weighted by Gasteiger charge is 2.27. The van der Waals surface area contributed by atoms with Crippen LogP contribution in [0, 0.1) is 29.4 Å². The lowest BCUT2D eigenvalue weighted by Gasteiger charge is -2.32. The summed E-state index contributed by atoms with van der Waals surface area (Å²) in [4.78, 5) is 29.3. The normalized spacial score (nSPS) is 16.0. The van der Waals surface area contributed by atoms with Crippen molar-refractivity contribution in [2.75, 3.05) is 18.0 Å². The number of aliphatic carboxylic acids is 1. The number of hydrogen-bond donors (Lipinski definition) is 1. The zero-order valence-electron chi connectivity index (χ0n) is 19.4. The van der Waals surface area contributed by atoms with Gasteiger partial charge in [-0.1, -0.05) is 23.4 Å². The van der Waals surface area contributed by atoms with E-state index < -0.39 is 29.6 Å². The summed E-state index contributed by atoms with van der Waals surface area (Å²) in [7, 11) is 0. The second-order valence-electron chi connectivity index (χ2n) is 9.00. The van der Waals surface area contributed by atoms with Crippen LogP contribution < -0.4 is 4.90 Å². The van der Waals surface area contributed by atoms with Gasteiger partial charge in [0.1, 0.15) is 17.7 Å². The van der Waals surface area contributed by atoms with Gasteiger partial charge >= 0.3 is 5.97 Å². The van der Waals surface area contributed by atoms with E-state index in [9.17, 15) is 23.6 Å². The van der Waals surface area contributed by atoms with Gasteiger partial charge in [-0.2, -0.15) is 4.91 Å². The van der Waals surface area contributed by atoms with Crippen molar-refractivity contribution >= 4 is 11.7 Å². The Hall–Kier alpha value is -3.68. The van der Waals surface area contributed by atoms with Crippen molar-refractivity contribution in [3.05, 3.63) is 99.7 Å². The van der Waals surface area contributed by atoms with E-state index in [2.05, 4.69) is 15.1 Å². The maximum atomic E-state index is 14.9. The molecular weight excluding hydrogens is 452 g/mol. The molecule has 6 nitrogen and oxygen atoms in total. The Kier molecular flexibility index (Phi) is 7.48. The van der Waals surface area contributed by atoms with E-state index in [-0.39, 0.29) is 12.3 Å². The summed E-state index contributed by atoms with van der Waals surface area (Å²) in [5, 5.41) is 12.5. The Balaban J connectivity index is 1.62. The van der Waals surface area contributed by atoms with Crippen LogP contribution in [0.3, 0.4) is 0 Å². The Morgan fingerprint density at radius 3 is 2.40 bits per heavy atom. The van der Waals surface area contributed by atoms with Crippen LogP contribution in [0.1, 0.15) is 53.6 Å². The predicted molar refractivity (Wildman–Crippen MR) is 129 cm³/mol. The minimum Gasteiger partial charge on any atom is -0.481 e. The number of carbonyl (C=O) groups is 1. The van der Waals surface area contributed by atoms with Gasteiger partial charge in [-0.25, -0.2) is 8.78 Å². The highest BCUT2D eigenvalue weighted by Crippen LogP contribution is 2.38. The molecule has 0 aliphatic carbocycles. The van der Waals surface area contributed by atoms with Crippen LogP contribution in [-0.4, -0.2) is 29.1 Å². The number of pyridine rings is 1. The van der Waals surface area contributed by atoms with Crippen LogP contribution in [0.15, 0.2) is 66.0 Å². The molecule has 0 saturated carbocycles. The molecule has 182 valence electrons. The fraction of sp³-hybridized carbons (Fsp3) is 0.333. The lowest BCUT2D eigenvalue weighted by atomic mass is 9.84. The van der Waals surface area contributed by atoms with Gasteiger partial charge in [0.2, 0.25) is 0 Å². The number of nitroso groups, excluding NO2 is 1. The molecule has 0 radical (unpaired) electrons. The van der Waals surface area contributed by atoms with Gasteiger partial charge in [0.25, 0.3) is 0 Å².